The van der Waals surface area contributed by atoms with Crippen LogP contribution in [0.4, 0.5) is 0 Å². The summed E-state index contributed by atoms with van der Waals surface area (Å²) in [5, 5.41) is 0. The van der Waals surface area contributed by atoms with Crippen molar-refractivity contribution in [3.63, 3.8) is 0 Å². The molecule has 0 aliphatic heterocycles. The van der Waals surface area contributed by atoms with Gasteiger partial charge in [-0.1, -0.05) is 26.2 Å². The molecular weight excluding hydrogens is 264 g/mol. The molecular formula is C12H17BrMgO. The van der Waals surface area contributed by atoms with Crippen molar-refractivity contribution < 1.29 is 21.7 Å². The predicted octanol–water partition coefficient (Wildman–Crippen LogP) is 0.0691. The van der Waals surface area contributed by atoms with Gasteiger partial charge < -0.3 is 21.7 Å². The zero-order valence-electron chi connectivity index (χ0n) is 9.34. The smallest absolute Gasteiger partial charge is 1.00 e. The third-order valence-corrected chi connectivity index (χ3v) is 1.95. The summed E-state index contributed by atoms with van der Waals surface area (Å²) in [7, 11) is 0. The maximum atomic E-state index is 5.53. The Hall–Kier alpha value is 0.266. The monoisotopic (exact) mass is 280 g/mol. The van der Waals surface area contributed by atoms with Crippen molar-refractivity contribution in [1.82, 2.24) is 0 Å². The largest absolute Gasteiger partial charge is 2.00 e. The van der Waals surface area contributed by atoms with Crippen LogP contribution in [0.3, 0.4) is 0 Å². The molecule has 0 radical (unpaired) electrons. The minimum Gasteiger partial charge on any atom is -1.00 e. The Morgan fingerprint density at radius 2 is 1.80 bits per heavy atom. The number of halogens is 1. The number of benzene rings is 1. The van der Waals surface area contributed by atoms with Crippen molar-refractivity contribution in [2.75, 3.05) is 6.61 Å². The molecule has 0 heterocycles. The minimum atomic E-state index is 0. The summed E-state index contributed by atoms with van der Waals surface area (Å²) in [5.41, 5.74) is 0. The van der Waals surface area contributed by atoms with Crippen molar-refractivity contribution in [3.05, 3.63) is 30.3 Å². The van der Waals surface area contributed by atoms with Crippen molar-refractivity contribution >= 4 is 23.1 Å². The quantitative estimate of drug-likeness (QED) is 0.407. The maximum Gasteiger partial charge on any atom is 2.00 e. The van der Waals surface area contributed by atoms with E-state index in [1.165, 1.54) is 19.3 Å². The number of hydrogen-bond acceptors (Lipinski definition) is 1. The van der Waals surface area contributed by atoms with Gasteiger partial charge in [-0.2, -0.15) is 18.2 Å². The molecule has 0 amide bonds. The molecule has 0 aromatic heterocycles. The van der Waals surface area contributed by atoms with Crippen LogP contribution in [-0.2, 0) is 0 Å². The van der Waals surface area contributed by atoms with Crippen LogP contribution in [0.5, 0.6) is 5.75 Å². The molecule has 0 saturated heterocycles. The van der Waals surface area contributed by atoms with Crippen LogP contribution in [0.2, 0.25) is 0 Å². The van der Waals surface area contributed by atoms with Gasteiger partial charge in [-0.3, -0.25) is 0 Å². The SMILES string of the molecule is CCCCCCOc1cc[c-]cc1.[Br-].[Mg+2]. The molecule has 0 N–H and O–H groups in total. The van der Waals surface area contributed by atoms with E-state index in [4.69, 9.17) is 4.74 Å². The van der Waals surface area contributed by atoms with E-state index in [0.717, 1.165) is 18.8 Å². The Bertz CT molecular complexity index is 216. The summed E-state index contributed by atoms with van der Waals surface area (Å²) < 4.78 is 5.53. The molecule has 0 spiro atoms. The Morgan fingerprint density at radius 3 is 2.40 bits per heavy atom. The molecule has 1 rings (SSSR count). The van der Waals surface area contributed by atoms with Gasteiger partial charge in [0.1, 0.15) is 0 Å². The van der Waals surface area contributed by atoms with Crippen molar-refractivity contribution in [2.24, 2.45) is 0 Å². The third kappa shape index (κ3) is 9.21. The fourth-order valence-corrected chi connectivity index (χ4v) is 1.19. The first-order valence-corrected chi connectivity index (χ1v) is 5.02. The van der Waals surface area contributed by atoms with Gasteiger partial charge in [0, 0.05) is 5.75 Å². The van der Waals surface area contributed by atoms with Crippen molar-refractivity contribution in [3.8, 4) is 5.75 Å². The minimum absolute atomic E-state index is 0. The molecule has 0 aliphatic carbocycles. The molecule has 15 heavy (non-hydrogen) atoms. The van der Waals surface area contributed by atoms with E-state index >= 15 is 0 Å². The van der Waals surface area contributed by atoms with E-state index in [-0.39, 0.29) is 40.0 Å². The van der Waals surface area contributed by atoms with Crippen LogP contribution in [0, 0.1) is 6.07 Å². The molecule has 1 aromatic rings. The van der Waals surface area contributed by atoms with Crippen LogP contribution in [0.25, 0.3) is 0 Å². The Labute approximate surface area is 120 Å². The van der Waals surface area contributed by atoms with Crippen molar-refractivity contribution in [2.45, 2.75) is 32.6 Å². The van der Waals surface area contributed by atoms with Gasteiger partial charge in [0.2, 0.25) is 0 Å². The van der Waals surface area contributed by atoms with Crippen LogP contribution in [-0.4, -0.2) is 29.7 Å². The first kappa shape index (κ1) is 17.7. The average Bonchev–Trinajstić information content (AvgIpc) is 2.19. The van der Waals surface area contributed by atoms with E-state index in [9.17, 15) is 0 Å². The van der Waals surface area contributed by atoms with Crippen LogP contribution >= 0.6 is 0 Å². The Balaban J connectivity index is 0. The van der Waals surface area contributed by atoms with E-state index in [2.05, 4.69) is 13.0 Å². The van der Waals surface area contributed by atoms with Gasteiger partial charge in [0.05, 0.1) is 6.61 Å². The molecule has 0 saturated carbocycles. The third-order valence-electron chi connectivity index (χ3n) is 1.95. The fourth-order valence-electron chi connectivity index (χ4n) is 1.19. The second-order valence-electron chi connectivity index (χ2n) is 3.14. The second-order valence-corrected chi connectivity index (χ2v) is 3.14. The summed E-state index contributed by atoms with van der Waals surface area (Å²) >= 11 is 0. The maximum absolute atomic E-state index is 5.53. The summed E-state index contributed by atoms with van der Waals surface area (Å²) in [5.74, 6) is 0.954. The van der Waals surface area contributed by atoms with E-state index in [1.807, 2.05) is 24.3 Å². The average molecular weight is 281 g/mol. The topological polar surface area (TPSA) is 9.23 Å². The van der Waals surface area contributed by atoms with Gasteiger partial charge in [-0.05, 0) is 6.42 Å². The Morgan fingerprint density at radius 1 is 1.13 bits per heavy atom. The summed E-state index contributed by atoms with van der Waals surface area (Å²) in [4.78, 5) is 0. The van der Waals surface area contributed by atoms with Crippen LogP contribution in [0.1, 0.15) is 32.6 Å². The number of hydrogen-bond donors (Lipinski definition) is 0. The summed E-state index contributed by atoms with van der Waals surface area (Å²) in [6.45, 7) is 3.05. The van der Waals surface area contributed by atoms with Gasteiger partial charge >= 0.3 is 23.1 Å². The Kier molecular flexibility index (Phi) is 14.5. The molecule has 1 aromatic carbocycles. The first-order chi connectivity index (χ1) is 6.43. The van der Waals surface area contributed by atoms with E-state index < -0.39 is 0 Å². The molecule has 0 unspecified atom stereocenters. The zero-order valence-corrected chi connectivity index (χ0v) is 12.3. The van der Waals surface area contributed by atoms with Crippen molar-refractivity contribution in [1.29, 1.82) is 0 Å². The molecule has 0 bridgehead atoms. The van der Waals surface area contributed by atoms with Gasteiger partial charge in [0.15, 0.2) is 0 Å². The summed E-state index contributed by atoms with van der Waals surface area (Å²) in [6.07, 6.45) is 5.02. The number of unbranched alkanes of at least 4 members (excludes halogenated alkanes) is 3. The zero-order chi connectivity index (χ0) is 9.36. The van der Waals surface area contributed by atoms with Gasteiger partial charge in [-0.25, -0.2) is 0 Å². The van der Waals surface area contributed by atoms with Gasteiger partial charge in [-0.15, -0.1) is 12.1 Å². The number of ether oxygens (including phenoxy) is 1. The molecule has 0 atom stereocenters. The summed E-state index contributed by atoms with van der Waals surface area (Å²) in [6, 6.07) is 10.6. The second kappa shape index (κ2) is 12.3. The fraction of sp³-hybridized carbons (Fsp3) is 0.500. The standard InChI is InChI=1S/C12H17O.BrH.Mg/c1-2-3-4-8-11-13-12-9-6-5-7-10-12;;/h6-7,9-10H,2-4,8,11H2,1H3;1H;/q-1;;+2/p-1. The molecule has 3 heteroatoms. The number of rotatable bonds is 6. The van der Waals surface area contributed by atoms with Crippen LogP contribution in [0.15, 0.2) is 24.3 Å². The molecule has 1 nitrogen and oxygen atoms in total. The van der Waals surface area contributed by atoms with Gasteiger partial charge in [0.25, 0.3) is 0 Å². The van der Waals surface area contributed by atoms with E-state index in [0.29, 0.717) is 0 Å². The predicted molar refractivity (Wildman–Crippen MR) is 60.7 cm³/mol. The molecule has 0 aliphatic rings. The normalized spacial score (nSPS) is 8.60. The molecule has 0 fully saturated rings. The van der Waals surface area contributed by atoms with Crippen LogP contribution < -0.4 is 21.7 Å². The molecule has 80 valence electrons. The van der Waals surface area contributed by atoms with E-state index in [1.54, 1.807) is 0 Å². The first-order valence-electron chi connectivity index (χ1n) is 5.02.